The Balaban J connectivity index is 0.000000561. The summed E-state index contributed by atoms with van der Waals surface area (Å²) in [6.07, 6.45) is 13.1. The van der Waals surface area contributed by atoms with E-state index in [4.69, 9.17) is 0 Å². The lowest BCUT2D eigenvalue weighted by molar-refractivity contribution is -0.914. The van der Waals surface area contributed by atoms with Crippen LogP contribution in [0, 0.1) is 0 Å². The summed E-state index contributed by atoms with van der Waals surface area (Å²) in [5.41, 5.74) is -12.4. The number of halogens is 6. The molecule has 0 aromatic rings. The fourth-order valence-electron chi connectivity index (χ4n) is 2.99. The third kappa shape index (κ3) is 10.6. The quantitative estimate of drug-likeness (QED) is 0.257. The van der Waals surface area contributed by atoms with Gasteiger partial charge >= 0.3 is 11.0 Å². The largest absolute Gasteiger partial charge is 0.480 e. The highest BCUT2D eigenvalue weighted by molar-refractivity contribution is 8.13. The van der Waals surface area contributed by atoms with E-state index in [0.717, 1.165) is 4.13 Å². The molecule has 0 aromatic carbocycles. The molecule has 0 N–H and O–H groups in total. The summed E-state index contributed by atoms with van der Waals surface area (Å²) >= 11 is 0. The summed E-state index contributed by atoms with van der Waals surface area (Å²) in [4.78, 5) is 0. The van der Waals surface area contributed by atoms with Crippen LogP contribution in [0.25, 0.3) is 4.13 Å². The van der Waals surface area contributed by atoms with Crippen molar-refractivity contribution in [2.24, 2.45) is 0 Å². The molecule has 0 unspecified atom stereocenters. The van der Waals surface area contributed by atoms with Crippen molar-refractivity contribution >= 4 is 20.0 Å². The van der Waals surface area contributed by atoms with Crippen molar-refractivity contribution in [2.45, 2.75) is 75.7 Å². The third-order valence-electron chi connectivity index (χ3n) is 4.73. The molecular weight excluding hydrogens is 462 g/mol. The van der Waals surface area contributed by atoms with Gasteiger partial charge in [0.05, 0.1) is 26.7 Å². The van der Waals surface area contributed by atoms with Gasteiger partial charge in [-0.25, -0.2) is 16.8 Å². The fourth-order valence-corrected chi connectivity index (χ4v) is 4.70. The van der Waals surface area contributed by atoms with Crippen LogP contribution in [0.1, 0.15) is 64.7 Å². The maximum Gasteiger partial charge on any atom is 0.480 e. The number of quaternary nitrogens is 1. The average molecular weight is 493 g/mol. The molecule has 1 rings (SSSR count). The van der Waals surface area contributed by atoms with Crippen molar-refractivity contribution in [3.63, 3.8) is 0 Å². The van der Waals surface area contributed by atoms with E-state index in [1.807, 2.05) is 0 Å². The number of hydrogen-bond donors (Lipinski definition) is 0. The molecule has 1 aliphatic rings. The van der Waals surface area contributed by atoms with Crippen molar-refractivity contribution in [1.82, 2.24) is 0 Å². The number of piperidine rings is 1. The lowest BCUT2D eigenvalue weighted by atomic mass is 10.1. The van der Waals surface area contributed by atoms with Crippen LogP contribution in [-0.4, -0.2) is 59.0 Å². The zero-order chi connectivity index (χ0) is 23.7. The summed E-state index contributed by atoms with van der Waals surface area (Å²) < 4.78 is 111. The van der Waals surface area contributed by atoms with Crippen LogP contribution in [-0.2, 0) is 20.0 Å². The molecule has 14 heteroatoms. The molecule has 0 bridgehead atoms. The number of sulfonamides is 2. The van der Waals surface area contributed by atoms with Crippen LogP contribution in [0.3, 0.4) is 0 Å². The van der Waals surface area contributed by atoms with Gasteiger partial charge < -0.3 is 8.61 Å². The van der Waals surface area contributed by atoms with E-state index in [1.165, 1.54) is 81.9 Å². The second kappa shape index (κ2) is 11.9. The first kappa shape index (κ1) is 29.4. The highest BCUT2D eigenvalue weighted by atomic mass is 32.3. The molecule has 0 spiro atoms. The highest BCUT2D eigenvalue weighted by Crippen LogP contribution is 2.36. The Kier molecular flexibility index (Phi) is 11.6. The van der Waals surface area contributed by atoms with Crippen molar-refractivity contribution < 1.29 is 47.7 Å². The second-order valence-electron chi connectivity index (χ2n) is 7.53. The molecule has 1 heterocycles. The fraction of sp³-hybridized carbons (Fsp3) is 1.00. The Hall–Kier alpha value is -0.600. The van der Waals surface area contributed by atoms with E-state index in [0.29, 0.717) is 0 Å². The second-order valence-corrected chi connectivity index (χ2v) is 11.0. The van der Waals surface area contributed by atoms with Gasteiger partial charge in [-0.1, -0.05) is 32.6 Å². The molecule has 0 amide bonds. The molecule has 1 fully saturated rings. The molecule has 1 aliphatic heterocycles. The Bertz CT molecular complexity index is 658. The van der Waals surface area contributed by atoms with Crippen molar-refractivity contribution in [3.05, 3.63) is 4.13 Å². The topological polar surface area (TPSA) is 82.4 Å². The Morgan fingerprint density at radius 3 is 1.53 bits per heavy atom. The zero-order valence-electron chi connectivity index (χ0n) is 17.1. The molecule has 30 heavy (non-hydrogen) atoms. The summed E-state index contributed by atoms with van der Waals surface area (Å²) in [6, 6.07) is 0. The SMILES string of the molecule is CCCCCCCC[N+]1(C)CCCCC1.O=S(=O)([N-]S(=O)(=O)C(F)(F)F)C(F)(F)F. The average Bonchev–Trinajstić information content (AvgIpc) is 2.56. The van der Waals surface area contributed by atoms with Crippen LogP contribution in [0.4, 0.5) is 26.3 Å². The van der Waals surface area contributed by atoms with Gasteiger partial charge in [0.25, 0.3) is 0 Å². The Morgan fingerprint density at radius 2 is 1.13 bits per heavy atom. The lowest BCUT2D eigenvalue weighted by Gasteiger charge is -2.37. The highest BCUT2D eigenvalue weighted by Gasteiger charge is 2.46. The van der Waals surface area contributed by atoms with Gasteiger partial charge in [-0.05, 0) is 32.1 Å². The van der Waals surface area contributed by atoms with Crippen LogP contribution in [0.2, 0.25) is 0 Å². The first-order valence-corrected chi connectivity index (χ1v) is 12.6. The number of nitrogens with zero attached hydrogens (tertiary/aromatic N) is 2. The normalized spacial score (nSPS) is 17.9. The maximum atomic E-state index is 11.4. The standard InChI is InChI=1S/C14H30N.C2F6NO4S2/c1-3-4-5-6-7-9-12-15(2)13-10-8-11-14-15;3-1(4,5)14(10,11)9-15(12,13)2(6,7)8/h3-14H2,1-2H3;/q+1;-1. The smallest absolute Gasteiger partial charge is 0.421 e. The number of rotatable bonds is 9. The summed E-state index contributed by atoms with van der Waals surface area (Å²) in [7, 11) is -11.0. The van der Waals surface area contributed by atoms with E-state index in [1.54, 1.807) is 0 Å². The minimum atomic E-state index is -6.72. The monoisotopic (exact) mass is 492 g/mol. The van der Waals surface area contributed by atoms with Gasteiger partial charge in [0.1, 0.15) is 0 Å². The predicted octanol–water partition coefficient (Wildman–Crippen LogP) is 5.04. The Morgan fingerprint density at radius 1 is 0.733 bits per heavy atom. The number of unbranched alkanes of at least 4 members (excludes halogenated alkanes) is 5. The summed E-state index contributed by atoms with van der Waals surface area (Å²) in [6.45, 7) is 6.61. The first-order valence-electron chi connectivity index (χ1n) is 9.68. The van der Waals surface area contributed by atoms with Gasteiger partial charge in [0.2, 0.25) is 0 Å². The molecule has 182 valence electrons. The summed E-state index contributed by atoms with van der Waals surface area (Å²) in [5.74, 6) is 0. The predicted molar refractivity (Wildman–Crippen MR) is 101 cm³/mol. The van der Waals surface area contributed by atoms with Gasteiger partial charge in [0, 0.05) is 0 Å². The van der Waals surface area contributed by atoms with E-state index in [9.17, 15) is 43.2 Å². The van der Waals surface area contributed by atoms with Gasteiger partial charge in [-0.2, -0.15) is 26.3 Å². The molecule has 6 nitrogen and oxygen atoms in total. The van der Waals surface area contributed by atoms with Crippen LogP contribution >= 0.6 is 0 Å². The van der Waals surface area contributed by atoms with E-state index < -0.39 is 31.1 Å². The van der Waals surface area contributed by atoms with E-state index in [2.05, 4.69) is 14.0 Å². The van der Waals surface area contributed by atoms with Crippen molar-refractivity contribution in [2.75, 3.05) is 26.7 Å². The molecule has 1 saturated heterocycles. The van der Waals surface area contributed by atoms with Gasteiger partial charge in [-0.3, -0.25) is 0 Å². The minimum absolute atomic E-state index is 0.778. The van der Waals surface area contributed by atoms with Crippen LogP contribution in [0.5, 0.6) is 0 Å². The van der Waals surface area contributed by atoms with Crippen molar-refractivity contribution in [3.8, 4) is 0 Å². The van der Waals surface area contributed by atoms with Crippen LogP contribution < -0.4 is 0 Å². The Labute approximate surface area is 174 Å². The van der Waals surface area contributed by atoms with Crippen LogP contribution in [0.15, 0.2) is 0 Å². The minimum Gasteiger partial charge on any atom is -0.421 e. The number of alkyl halides is 6. The van der Waals surface area contributed by atoms with Gasteiger partial charge in [0.15, 0.2) is 20.0 Å². The number of likely N-dealkylation sites (tertiary alicyclic amines) is 1. The number of hydrogen-bond acceptors (Lipinski definition) is 4. The van der Waals surface area contributed by atoms with Crippen molar-refractivity contribution in [1.29, 1.82) is 0 Å². The maximum absolute atomic E-state index is 11.4. The van der Waals surface area contributed by atoms with E-state index in [-0.39, 0.29) is 0 Å². The van der Waals surface area contributed by atoms with Gasteiger partial charge in [-0.15, -0.1) is 0 Å². The van der Waals surface area contributed by atoms with E-state index >= 15 is 0 Å². The molecule has 0 atom stereocenters. The first-order chi connectivity index (χ1) is 13.5. The molecule has 0 radical (unpaired) electrons. The summed E-state index contributed by atoms with van der Waals surface area (Å²) in [5, 5.41) is 0. The zero-order valence-corrected chi connectivity index (χ0v) is 18.7. The lowest BCUT2D eigenvalue weighted by Crippen LogP contribution is -2.48. The third-order valence-corrected chi connectivity index (χ3v) is 7.47. The molecule has 0 aliphatic carbocycles. The molecular formula is C16H30F6N2O4S2. The molecule has 0 saturated carbocycles. The molecule has 0 aromatic heterocycles.